The summed E-state index contributed by atoms with van der Waals surface area (Å²) >= 11 is 0. The molecule has 1 aliphatic rings. The molecule has 1 fully saturated rings. The van der Waals surface area contributed by atoms with Crippen molar-refractivity contribution >= 4 is 5.91 Å². The average Bonchev–Trinajstić information content (AvgIpc) is 3.04. The number of amides is 1. The standard InChI is InChI=1S/C12H20N4O2/c1-3-6-12(2,18)7-13-11(17)10-14-9(15-16-10)8-4-5-8/h8,18H,3-7H2,1-2H3,(H,13,17)(H,14,15,16). The van der Waals surface area contributed by atoms with E-state index in [9.17, 15) is 9.90 Å². The Morgan fingerprint density at radius 1 is 1.61 bits per heavy atom. The molecule has 1 heterocycles. The average molecular weight is 252 g/mol. The minimum Gasteiger partial charge on any atom is -0.388 e. The van der Waals surface area contributed by atoms with E-state index in [0.29, 0.717) is 12.3 Å². The molecule has 1 amide bonds. The molecule has 1 aliphatic carbocycles. The summed E-state index contributed by atoms with van der Waals surface area (Å²) in [6, 6.07) is 0. The Bertz CT molecular complexity index is 423. The van der Waals surface area contributed by atoms with Crippen LogP contribution in [0.25, 0.3) is 0 Å². The summed E-state index contributed by atoms with van der Waals surface area (Å²) in [6.07, 6.45) is 3.74. The summed E-state index contributed by atoms with van der Waals surface area (Å²) < 4.78 is 0. The zero-order valence-electron chi connectivity index (χ0n) is 10.9. The van der Waals surface area contributed by atoms with Crippen molar-refractivity contribution in [2.24, 2.45) is 0 Å². The number of hydrogen-bond donors (Lipinski definition) is 3. The lowest BCUT2D eigenvalue weighted by Gasteiger charge is -2.22. The van der Waals surface area contributed by atoms with E-state index in [1.807, 2.05) is 6.92 Å². The minimum atomic E-state index is -0.875. The number of rotatable bonds is 6. The topological polar surface area (TPSA) is 90.9 Å². The summed E-state index contributed by atoms with van der Waals surface area (Å²) in [5.74, 6) is 1.06. The van der Waals surface area contributed by atoms with E-state index in [4.69, 9.17) is 0 Å². The van der Waals surface area contributed by atoms with Crippen LogP contribution in [0.1, 0.15) is 61.9 Å². The van der Waals surface area contributed by atoms with Crippen molar-refractivity contribution in [2.45, 2.75) is 51.0 Å². The number of aromatic amines is 1. The van der Waals surface area contributed by atoms with Gasteiger partial charge in [0.1, 0.15) is 5.82 Å². The molecule has 0 saturated heterocycles. The fourth-order valence-electron chi connectivity index (χ4n) is 1.89. The van der Waals surface area contributed by atoms with Gasteiger partial charge in [-0.15, -0.1) is 5.10 Å². The molecule has 6 nitrogen and oxygen atoms in total. The van der Waals surface area contributed by atoms with Gasteiger partial charge in [-0.05, 0) is 26.2 Å². The minimum absolute atomic E-state index is 0.157. The van der Waals surface area contributed by atoms with Crippen molar-refractivity contribution in [1.82, 2.24) is 20.5 Å². The third kappa shape index (κ3) is 3.29. The maximum absolute atomic E-state index is 11.8. The lowest BCUT2D eigenvalue weighted by Crippen LogP contribution is -2.40. The Balaban J connectivity index is 1.86. The molecule has 1 aromatic heterocycles. The summed E-state index contributed by atoms with van der Waals surface area (Å²) in [5, 5.41) is 19.3. The van der Waals surface area contributed by atoms with E-state index in [2.05, 4.69) is 20.5 Å². The Morgan fingerprint density at radius 2 is 2.33 bits per heavy atom. The predicted octanol–water partition coefficient (Wildman–Crippen LogP) is 0.963. The first-order valence-corrected chi connectivity index (χ1v) is 6.45. The number of aromatic nitrogens is 3. The largest absolute Gasteiger partial charge is 0.388 e. The molecule has 100 valence electrons. The quantitative estimate of drug-likeness (QED) is 0.703. The van der Waals surface area contributed by atoms with E-state index in [1.165, 1.54) is 0 Å². The van der Waals surface area contributed by atoms with Crippen LogP contribution in [-0.4, -0.2) is 38.3 Å². The van der Waals surface area contributed by atoms with Crippen LogP contribution in [0.3, 0.4) is 0 Å². The lowest BCUT2D eigenvalue weighted by atomic mass is 10.0. The van der Waals surface area contributed by atoms with E-state index >= 15 is 0 Å². The van der Waals surface area contributed by atoms with Gasteiger partial charge in [0.05, 0.1) is 5.60 Å². The smallest absolute Gasteiger partial charge is 0.291 e. The highest BCUT2D eigenvalue weighted by molar-refractivity contribution is 5.90. The first kappa shape index (κ1) is 13.0. The molecule has 3 N–H and O–H groups in total. The second-order valence-corrected chi connectivity index (χ2v) is 5.25. The van der Waals surface area contributed by atoms with Crippen LogP contribution in [0.5, 0.6) is 0 Å². The van der Waals surface area contributed by atoms with Crippen molar-refractivity contribution in [3.05, 3.63) is 11.6 Å². The molecule has 2 rings (SSSR count). The van der Waals surface area contributed by atoms with Gasteiger partial charge >= 0.3 is 0 Å². The van der Waals surface area contributed by atoms with Crippen molar-refractivity contribution in [2.75, 3.05) is 6.54 Å². The van der Waals surface area contributed by atoms with Crippen LogP contribution in [0.4, 0.5) is 0 Å². The normalized spacial score (nSPS) is 18.4. The molecule has 6 heteroatoms. The third-order valence-corrected chi connectivity index (χ3v) is 3.09. The van der Waals surface area contributed by atoms with Gasteiger partial charge in [0.25, 0.3) is 5.91 Å². The molecule has 1 saturated carbocycles. The van der Waals surface area contributed by atoms with Crippen molar-refractivity contribution in [1.29, 1.82) is 0 Å². The first-order chi connectivity index (χ1) is 8.52. The van der Waals surface area contributed by atoms with Gasteiger partial charge in [-0.2, -0.15) is 0 Å². The van der Waals surface area contributed by atoms with Crippen LogP contribution < -0.4 is 5.32 Å². The molecule has 18 heavy (non-hydrogen) atoms. The highest BCUT2D eigenvalue weighted by atomic mass is 16.3. The molecule has 1 unspecified atom stereocenters. The van der Waals surface area contributed by atoms with Crippen LogP contribution in [0.15, 0.2) is 0 Å². The summed E-state index contributed by atoms with van der Waals surface area (Å²) in [6.45, 7) is 3.92. The number of carbonyl (C=O) groups is 1. The third-order valence-electron chi connectivity index (χ3n) is 3.09. The van der Waals surface area contributed by atoms with Crippen molar-refractivity contribution in [3.8, 4) is 0 Å². The van der Waals surface area contributed by atoms with E-state index in [1.54, 1.807) is 6.92 Å². The Labute approximate surface area is 106 Å². The molecule has 0 bridgehead atoms. The van der Waals surface area contributed by atoms with Gasteiger partial charge in [-0.25, -0.2) is 4.98 Å². The highest BCUT2D eigenvalue weighted by Crippen LogP contribution is 2.37. The lowest BCUT2D eigenvalue weighted by molar-refractivity contribution is 0.0467. The second kappa shape index (κ2) is 5.06. The van der Waals surface area contributed by atoms with Crippen molar-refractivity contribution in [3.63, 3.8) is 0 Å². The zero-order valence-corrected chi connectivity index (χ0v) is 10.9. The van der Waals surface area contributed by atoms with Gasteiger partial charge in [-0.3, -0.25) is 9.89 Å². The van der Waals surface area contributed by atoms with Gasteiger partial charge in [0.2, 0.25) is 5.82 Å². The van der Waals surface area contributed by atoms with E-state index in [-0.39, 0.29) is 18.3 Å². The molecule has 1 aromatic rings. The zero-order chi connectivity index (χ0) is 13.2. The highest BCUT2D eigenvalue weighted by Gasteiger charge is 2.28. The Kier molecular flexibility index (Phi) is 3.65. The fourth-order valence-corrected chi connectivity index (χ4v) is 1.89. The van der Waals surface area contributed by atoms with Crippen LogP contribution in [0.2, 0.25) is 0 Å². The number of carbonyl (C=O) groups excluding carboxylic acids is 1. The predicted molar refractivity (Wildman–Crippen MR) is 66.2 cm³/mol. The molecule has 0 spiro atoms. The summed E-state index contributed by atoms with van der Waals surface area (Å²) in [4.78, 5) is 15.9. The van der Waals surface area contributed by atoms with Crippen LogP contribution in [0, 0.1) is 0 Å². The summed E-state index contributed by atoms with van der Waals surface area (Å²) in [5.41, 5.74) is -0.875. The second-order valence-electron chi connectivity index (χ2n) is 5.25. The summed E-state index contributed by atoms with van der Waals surface area (Å²) in [7, 11) is 0. The Hall–Kier alpha value is -1.43. The SMILES string of the molecule is CCCC(C)(O)CNC(=O)c1n[nH]c(C2CC2)n1. The van der Waals surface area contributed by atoms with E-state index in [0.717, 1.165) is 25.1 Å². The van der Waals surface area contributed by atoms with Crippen LogP contribution >= 0.6 is 0 Å². The molecule has 0 radical (unpaired) electrons. The van der Waals surface area contributed by atoms with Crippen molar-refractivity contribution < 1.29 is 9.90 Å². The maximum Gasteiger partial charge on any atom is 0.291 e. The maximum atomic E-state index is 11.8. The monoisotopic (exact) mass is 252 g/mol. The van der Waals surface area contributed by atoms with Crippen LogP contribution in [-0.2, 0) is 0 Å². The Morgan fingerprint density at radius 3 is 2.94 bits per heavy atom. The number of aliphatic hydroxyl groups is 1. The van der Waals surface area contributed by atoms with Gasteiger partial charge in [-0.1, -0.05) is 13.3 Å². The molecular formula is C12H20N4O2. The molecule has 0 aromatic carbocycles. The number of hydrogen-bond acceptors (Lipinski definition) is 4. The number of H-pyrrole nitrogens is 1. The van der Waals surface area contributed by atoms with Gasteiger partial charge in [0, 0.05) is 12.5 Å². The van der Waals surface area contributed by atoms with Gasteiger partial charge < -0.3 is 10.4 Å². The first-order valence-electron chi connectivity index (χ1n) is 6.45. The van der Waals surface area contributed by atoms with E-state index < -0.39 is 5.60 Å². The van der Waals surface area contributed by atoms with Gasteiger partial charge in [0.15, 0.2) is 0 Å². The number of nitrogens with one attached hydrogen (secondary N) is 2. The molecular weight excluding hydrogens is 232 g/mol. The molecule has 1 atom stereocenters. The molecule has 0 aliphatic heterocycles. The number of nitrogens with zero attached hydrogens (tertiary/aromatic N) is 2. The fraction of sp³-hybridized carbons (Fsp3) is 0.750.